The van der Waals surface area contributed by atoms with Crippen LogP contribution >= 0.6 is 11.3 Å². The Balaban J connectivity index is 1.47. The lowest BCUT2D eigenvalue weighted by molar-refractivity contribution is 0.282. The number of hydrogen-bond donors (Lipinski definition) is 1. The van der Waals surface area contributed by atoms with Gasteiger partial charge in [0.05, 0.1) is 34.6 Å². The Bertz CT molecular complexity index is 1260. The topological polar surface area (TPSA) is 63.8 Å². The maximum absolute atomic E-state index is 14.0. The van der Waals surface area contributed by atoms with Crippen LogP contribution in [-0.2, 0) is 13.2 Å². The molecule has 0 aliphatic carbocycles. The zero-order valence-corrected chi connectivity index (χ0v) is 15.5. The van der Waals surface area contributed by atoms with E-state index in [4.69, 9.17) is 0 Å². The Morgan fingerprint density at radius 1 is 1.00 bits per heavy atom. The van der Waals surface area contributed by atoms with E-state index in [1.165, 1.54) is 6.07 Å². The Hall–Kier alpha value is -3.16. The van der Waals surface area contributed by atoms with Crippen LogP contribution in [0.2, 0.25) is 0 Å². The average Bonchev–Trinajstić information content (AvgIpc) is 3.30. The summed E-state index contributed by atoms with van der Waals surface area (Å²) in [6.07, 6.45) is 3.82. The Labute approximate surface area is 164 Å². The zero-order valence-electron chi connectivity index (χ0n) is 14.7. The van der Waals surface area contributed by atoms with Crippen LogP contribution in [0.25, 0.3) is 33.0 Å². The standard InChI is InChI=1S/C21H15FN4OS/c22-15-4-2-1-3-14(15)21-24-16-7-8-26(10-18(16)25-21)11-20-23-17-6-5-13(12-27)9-19(17)28-20/h1-10,27H,11-12H2. The van der Waals surface area contributed by atoms with Gasteiger partial charge in [0.1, 0.15) is 16.5 Å². The van der Waals surface area contributed by atoms with Gasteiger partial charge >= 0.3 is 0 Å². The first-order valence-corrected chi connectivity index (χ1v) is 9.59. The first-order valence-electron chi connectivity index (χ1n) is 8.77. The smallest absolute Gasteiger partial charge is 0.163 e. The Morgan fingerprint density at radius 2 is 1.86 bits per heavy atom. The highest BCUT2D eigenvalue weighted by Gasteiger charge is 2.15. The van der Waals surface area contributed by atoms with Gasteiger partial charge in [-0.05, 0) is 35.9 Å². The number of hydrogen-bond acceptors (Lipinski definition) is 5. The van der Waals surface area contributed by atoms with E-state index in [0.717, 1.165) is 26.5 Å². The Morgan fingerprint density at radius 3 is 2.71 bits per heavy atom. The van der Waals surface area contributed by atoms with E-state index in [0.29, 0.717) is 23.6 Å². The first-order chi connectivity index (χ1) is 13.7. The fraction of sp³-hybridized carbons (Fsp3) is 0.0952. The number of nitrogens with zero attached hydrogens (tertiary/aromatic N) is 4. The van der Waals surface area contributed by atoms with E-state index in [-0.39, 0.29) is 12.4 Å². The molecule has 0 saturated carbocycles. The summed E-state index contributed by atoms with van der Waals surface area (Å²) in [7, 11) is 0. The predicted molar refractivity (Wildman–Crippen MR) is 107 cm³/mol. The van der Waals surface area contributed by atoms with Crippen molar-refractivity contribution in [2.75, 3.05) is 0 Å². The third kappa shape index (κ3) is 3.04. The molecular weight excluding hydrogens is 375 g/mol. The molecule has 0 spiro atoms. The quantitative estimate of drug-likeness (QED) is 0.496. The van der Waals surface area contributed by atoms with Crippen LogP contribution in [0, 0.1) is 5.82 Å². The largest absolute Gasteiger partial charge is 0.392 e. The molecule has 2 aromatic carbocycles. The number of benzene rings is 2. The predicted octanol–water partition coefficient (Wildman–Crippen LogP) is 4.34. The summed E-state index contributed by atoms with van der Waals surface area (Å²) in [5.41, 5.74) is 3.64. The van der Waals surface area contributed by atoms with Crippen molar-refractivity contribution in [1.82, 2.24) is 19.5 Å². The van der Waals surface area contributed by atoms with E-state index < -0.39 is 0 Å². The molecule has 0 unspecified atom stereocenters. The van der Waals surface area contributed by atoms with Crippen LogP contribution in [0.3, 0.4) is 0 Å². The van der Waals surface area contributed by atoms with Gasteiger partial charge in [0.25, 0.3) is 0 Å². The average molecular weight is 390 g/mol. The van der Waals surface area contributed by atoms with Gasteiger partial charge < -0.3 is 9.67 Å². The summed E-state index contributed by atoms with van der Waals surface area (Å²) in [6.45, 7) is 0.625. The van der Waals surface area contributed by atoms with Gasteiger partial charge in [0.15, 0.2) is 5.82 Å². The van der Waals surface area contributed by atoms with Gasteiger partial charge in [-0.3, -0.25) is 0 Å². The van der Waals surface area contributed by atoms with E-state index in [1.807, 2.05) is 41.2 Å². The highest BCUT2D eigenvalue weighted by molar-refractivity contribution is 7.18. The van der Waals surface area contributed by atoms with Crippen molar-refractivity contribution in [3.8, 4) is 22.8 Å². The molecule has 3 aromatic rings. The van der Waals surface area contributed by atoms with E-state index >= 15 is 0 Å². The molecule has 1 N–H and O–H groups in total. The number of imidazole rings is 1. The van der Waals surface area contributed by atoms with Crippen molar-refractivity contribution in [3.05, 3.63) is 77.3 Å². The molecule has 5 rings (SSSR count). The number of aromatic nitrogens is 4. The molecule has 5 nitrogen and oxygen atoms in total. The highest BCUT2D eigenvalue weighted by Crippen LogP contribution is 2.28. The molecule has 7 heteroatoms. The number of aliphatic hydroxyl groups excluding tert-OH is 1. The lowest BCUT2D eigenvalue weighted by Gasteiger charge is -2.05. The van der Waals surface area contributed by atoms with Crippen molar-refractivity contribution < 1.29 is 9.50 Å². The highest BCUT2D eigenvalue weighted by atomic mass is 32.1. The minimum absolute atomic E-state index is 0.0224. The van der Waals surface area contributed by atoms with Crippen molar-refractivity contribution in [2.24, 2.45) is 0 Å². The van der Waals surface area contributed by atoms with Crippen molar-refractivity contribution in [2.45, 2.75) is 13.2 Å². The molecule has 1 aromatic heterocycles. The molecule has 3 heterocycles. The fourth-order valence-corrected chi connectivity index (χ4v) is 4.19. The summed E-state index contributed by atoms with van der Waals surface area (Å²) >= 11 is 1.60. The van der Waals surface area contributed by atoms with Crippen LogP contribution in [0.1, 0.15) is 10.6 Å². The second-order valence-corrected chi connectivity index (χ2v) is 7.60. The van der Waals surface area contributed by atoms with Gasteiger partial charge in [-0.2, -0.15) is 0 Å². The van der Waals surface area contributed by atoms with Crippen molar-refractivity contribution >= 4 is 21.6 Å². The molecule has 2 aliphatic rings. The minimum atomic E-state index is -0.331. The number of aliphatic hydroxyl groups is 1. The zero-order chi connectivity index (χ0) is 19.1. The van der Waals surface area contributed by atoms with Gasteiger partial charge in [0, 0.05) is 12.4 Å². The molecular formula is C21H15FN4OS. The molecule has 0 radical (unpaired) electrons. The Kier molecular flexibility index (Phi) is 4.11. The van der Waals surface area contributed by atoms with Gasteiger partial charge in [-0.25, -0.2) is 19.3 Å². The van der Waals surface area contributed by atoms with Crippen LogP contribution in [0.5, 0.6) is 0 Å². The van der Waals surface area contributed by atoms with Crippen molar-refractivity contribution in [1.29, 1.82) is 0 Å². The summed E-state index contributed by atoms with van der Waals surface area (Å²) in [5.74, 6) is 0.0600. The number of rotatable bonds is 4. The number of thiazole rings is 1. The molecule has 138 valence electrons. The number of halogens is 1. The monoisotopic (exact) mass is 390 g/mol. The first kappa shape index (κ1) is 17.0. The van der Waals surface area contributed by atoms with Gasteiger partial charge in [-0.15, -0.1) is 11.3 Å². The SMILES string of the molecule is OCc1ccc2nc(Cn3ccc4nc(-c5ccccc5F)nc-4c3)sc2c1. The van der Waals surface area contributed by atoms with Gasteiger partial charge in [0.2, 0.25) is 0 Å². The van der Waals surface area contributed by atoms with E-state index in [2.05, 4.69) is 15.0 Å². The lowest BCUT2D eigenvalue weighted by atomic mass is 10.2. The van der Waals surface area contributed by atoms with Gasteiger partial charge in [-0.1, -0.05) is 18.2 Å². The summed E-state index contributed by atoms with van der Waals surface area (Å²) in [5, 5.41) is 10.2. The molecule has 0 atom stereocenters. The van der Waals surface area contributed by atoms with E-state index in [1.54, 1.807) is 29.5 Å². The molecule has 0 fully saturated rings. The second kappa shape index (κ2) is 6.78. The molecule has 0 amide bonds. The molecule has 0 bridgehead atoms. The number of pyridine rings is 1. The number of fused-ring (bicyclic) bond motifs is 2. The normalized spacial score (nSPS) is 11.5. The minimum Gasteiger partial charge on any atom is -0.392 e. The van der Waals surface area contributed by atoms with Crippen LogP contribution in [-0.4, -0.2) is 24.6 Å². The summed E-state index contributed by atoms with van der Waals surface area (Å²) in [4.78, 5) is 13.6. The molecule has 0 saturated heterocycles. The maximum Gasteiger partial charge on any atom is 0.163 e. The van der Waals surface area contributed by atoms with E-state index in [9.17, 15) is 9.50 Å². The second-order valence-electron chi connectivity index (χ2n) is 6.48. The molecule has 2 aliphatic heterocycles. The fourth-order valence-electron chi connectivity index (χ4n) is 3.15. The molecule has 28 heavy (non-hydrogen) atoms. The van der Waals surface area contributed by atoms with Crippen molar-refractivity contribution in [3.63, 3.8) is 0 Å². The maximum atomic E-state index is 14.0. The third-order valence-corrected chi connectivity index (χ3v) is 5.54. The van der Waals surface area contributed by atoms with Crippen LogP contribution in [0.15, 0.2) is 60.9 Å². The third-order valence-electron chi connectivity index (χ3n) is 4.54. The summed E-state index contributed by atoms with van der Waals surface area (Å²) < 4.78 is 17.1. The summed E-state index contributed by atoms with van der Waals surface area (Å²) in [6, 6.07) is 14.2. The lowest BCUT2D eigenvalue weighted by Crippen LogP contribution is -2.00. The van der Waals surface area contributed by atoms with Crippen LogP contribution in [0.4, 0.5) is 4.39 Å². The van der Waals surface area contributed by atoms with Crippen LogP contribution < -0.4 is 0 Å².